The van der Waals surface area contributed by atoms with Gasteiger partial charge in [0.2, 0.25) is 0 Å². The number of hydrogen-bond acceptors (Lipinski definition) is 10. The van der Waals surface area contributed by atoms with Crippen LogP contribution in [0.4, 0.5) is 42.1 Å². The van der Waals surface area contributed by atoms with E-state index in [4.69, 9.17) is 24.6 Å². The van der Waals surface area contributed by atoms with Crippen molar-refractivity contribution in [3.63, 3.8) is 0 Å². The molecule has 21 heteroatoms. The van der Waals surface area contributed by atoms with E-state index in [0.717, 1.165) is 36.3 Å². The first-order chi connectivity index (χ1) is 27.9. The molecule has 0 aromatic carbocycles. The minimum atomic E-state index is -4.82. The monoisotopic (exact) mass is 833 g/mol. The fourth-order valence-corrected chi connectivity index (χ4v) is 6.20. The second-order valence-electron chi connectivity index (χ2n) is 13.8. The molecule has 59 heavy (non-hydrogen) atoms. The molecule has 314 valence electrons. The molecule has 6 rings (SSSR count). The minimum absolute atomic E-state index is 0.0175. The second kappa shape index (κ2) is 17.7. The van der Waals surface area contributed by atoms with E-state index in [2.05, 4.69) is 20.6 Å². The highest BCUT2D eigenvalue weighted by Crippen LogP contribution is 2.34. The Kier molecular flexibility index (Phi) is 12.7. The largest absolute Gasteiger partial charge is 0.489 e. The summed E-state index contributed by atoms with van der Waals surface area (Å²) in [6.07, 6.45) is -1.82. The Balaban J connectivity index is 1.27. The second-order valence-corrected chi connectivity index (χ2v) is 13.8. The van der Waals surface area contributed by atoms with Crippen LogP contribution in [-0.2, 0) is 15.7 Å². The summed E-state index contributed by atoms with van der Waals surface area (Å²) in [4.78, 5) is 38.8. The standard InChI is InChI=1S/C38H38F7N9O5/c1-19(2)58-28-12-32-50-27(34(39)40)18-54(32)16-25(28)52-36(56)33(46)22(14-47-37(41)42)11-20(3)59-29-13-31-49-24(21-7-9-57-10-8-21)15-53(31)17-26(29)51-35(55)23-5-4-6-30(48-23)38(43,44)45/h4-6,12-21,34,37,46-47H,7-11H2,1-3H3,(H,51,55)(H,52,56)/b22-14-,46-33?. The quantitative estimate of drug-likeness (QED) is 0.0468. The predicted molar refractivity (Wildman–Crippen MR) is 199 cm³/mol. The molecule has 2 amide bonds. The number of alkyl halides is 7. The number of imidazole rings is 2. The number of amides is 2. The van der Waals surface area contributed by atoms with Gasteiger partial charge in [0.25, 0.3) is 18.2 Å². The van der Waals surface area contributed by atoms with Crippen LogP contribution < -0.4 is 25.4 Å². The molecule has 5 aromatic heterocycles. The molecule has 4 N–H and O–H groups in total. The molecule has 5 aromatic rings. The molecule has 0 bridgehead atoms. The number of rotatable bonds is 15. The van der Waals surface area contributed by atoms with E-state index in [1.807, 2.05) is 0 Å². The van der Waals surface area contributed by atoms with Gasteiger partial charge in [-0.15, -0.1) is 0 Å². The van der Waals surface area contributed by atoms with E-state index in [-0.39, 0.29) is 46.4 Å². The molecular formula is C38H38F7N9O5. The van der Waals surface area contributed by atoms with Crippen molar-refractivity contribution in [3.05, 3.63) is 89.7 Å². The number of aromatic nitrogens is 5. The highest BCUT2D eigenvalue weighted by Gasteiger charge is 2.33. The van der Waals surface area contributed by atoms with Crippen LogP contribution in [-0.4, -0.2) is 73.3 Å². The normalized spacial score (nSPS) is 14.6. The van der Waals surface area contributed by atoms with Gasteiger partial charge in [-0.3, -0.25) is 15.0 Å². The third kappa shape index (κ3) is 10.4. The van der Waals surface area contributed by atoms with E-state index < -0.39 is 66.0 Å². The molecule has 0 aliphatic carbocycles. The van der Waals surface area contributed by atoms with Crippen molar-refractivity contribution < 1.29 is 54.5 Å². The third-order valence-electron chi connectivity index (χ3n) is 8.91. The van der Waals surface area contributed by atoms with Crippen molar-refractivity contribution in [1.82, 2.24) is 29.1 Å². The van der Waals surface area contributed by atoms with Gasteiger partial charge in [-0.05, 0) is 45.7 Å². The molecule has 0 spiro atoms. The number of carbonyl (C=O) groups excluding carboxylic acids is 2. The summed E-state index contributed by atoms with van der Waals surface area (Å²) in [6, 6.07) is 5.64. The summed E-state index contributed by atoms with van der Waals surface area (Å²) in [7, 11) is 0. The summed E-state index contributed by atoms with van der Waals surface area (Å²) in [5.41, 5.74) is -2.25. The zero-order valence-corrected chi connectivity index (χ0v) is 31.6. The van der Waals surface area contributed by atoms with Crippen LogP contribution in [0.15, 0.2) is 66.9 Å². The predicted octanol–water partition coefficient (Wildman–Crippen LogP) is 7.78. The number of ether oxygens (including phenoxy) is 3. The topological polar surface area (TPSA) is 169 Å². The number of hydrogen-bond donors (Lipinski definition) is 4. The van der Waals surface area contributed by atoms with Crippen LogP contribution >= 0.6 is 0 Å². The number of anilines is 2. The van der Waals surface area contributed by atoms with Gasteiger partial charge in [0.1, 0.15) is 63.1 Å². The molecule has 0 radical (unpaired) electrons. The lowest BCUT2D eigenvalue weighted by atomic mass is 9.97. The maximum Gasteiger partial charge on any atom is 0.433 e. The summed E-state index contributed by atoms with van der Waals surface area (Å²) in [6.45, 7) is 2.84. The van der Waals surface area contributed by atoms with Crippen LogP contribution in [0.5, 0.6) is 11.5 Å². The van der Waals surface area contributed by atoms with Crippen LogP contribution in [0, 0.1) is 5.41 Å². The van der Waals surface area contributed by atoms with E-state index in [1.54, 1.807) is 29.8 Å². The van der Waals surface area contributed by atoms with Crippen LogP contribution in [0.1, 0.15) is 79.9 Å². The van der Waals surface area contributed by atoms with Gasteiger partial charge in [-0.25, -0.2) is 23.7 Å². The van der Waals surface area contributed by atoms with E-state index in [0.29, 0.717) is 31.7 Å². The van der Waals surface area contributed by atoms with E-state index >= 15 is 0 Å². The zero-order chi connectivity index (χ0) is 42.6. The minimum Gasteiger partial charge on any atom is -0.489 e. The molecule has 1 aliphatic heterocycles. The van der Waals surface area contributed by atoms with Gasteiger partial charge in [-0.2, -0.15) is 22.0 Å². The van der Waals surface area contributed by atoms with E-state index in [1.165, 1.54) is 35.9 Å². The van der Waals surface area contributed by atoms with Crippen molar-refractivity contribution in [2.45, 2.75) is 77.3 Å². The number of nitrogens with zero attached hydrogens (tertiary/aromatic N) is 5. The molecule has 6 heterocycles. The van der Waals surface area contributed by atoms with Crippen molar-refractivity contribution >= 4 is 40.2 Å². The summed E-state index contributed by atoms with van der Waals surface area (Å²) >= 11 is 0. The third-order valence-corrected chi connectivity index (χ3v) is 8.91. The van der Waals surface area contributed by atoms with Crippen molar-refractivity contribution in [2.24, 2.45) is 0 Å². The average molecular weight is 834 g/mol. The SMILES string of the molecule is CC(C)Oc1cc2nc(C(F)F)cn2cc1NC(=O)C(=N)/C(=C\NC(F)F)CC(C)Oc1cc2nc(C3CCOCC3)cn2cc1NC(=O)c1cccc(C(F)(F)F)n1. The molecule has 1 aliphatic rings. The zero-order valence-electron chi connectivity index (χ0n) is 31.6. The number of carbonyl (C=O) groups is 2. The molecule has 1 atom stereocenters. The fourth-order valence-electron chi connectivity index (χ4n) is 6.20. The number of fused-ring (bicyclic) bond motifs is 2. The van der Waals surface area contributed by atoms with Gasteiger partial charge < -0.3 is 39.0 Å². The van der Waals surface area contributed by atoms with Gasteiger partial charge in [0.05, 0.1) is 11.8 Å². The van der Waals surface area contributed by atoms with Gasteiger partial charge in [0.15, 0.2) is 0 Å². The van der Waals surface area contributed by atoms with Gasteiger partial charge in [-0.1, -0.05) is 6.07 Å². The first kappa shape index (κ1) is 42.4. The highest BCUT2D eigenvalue weighted by atomic mass is 19.4. The smallest absolute Gasteiger partial charge is 0.433 e. The first-order valence-electron chi connectivity index (χ1n) is 18.2. The molecule has 1 unspecified atom stereocenters. The van der Waals surface area contributed by atoms with Crippen LogP contribution in [0.2, 0.25) is 0 Å². The van der Waals surface area contributed by atoms with Crippen LogP contribution in [0.3, 0.4) is 0 Å². The number of pyridine rings is 3. The Labute approximate surface area is 331 Å². The average Bonchev–Trinajstić information content (AvgIpc) is 3.80. The lowest BCUT2D eigenvalue weighted by molar-refractivity contribution is -0.141. The molecule has 1 saturated heterocycles. The molecule has 1 fully saturated rings. The fraction of sp³-hybridized carbons (Fsp3) is 0.368. The Bertz CT molecular complexity index is 2370. The number of halogens is 7. The first-order valence-corrected chi connectivity index (χ1v) is 18.2. The molecular weight excluding hydrogens is 795 g/mol. The Morgan fingerprint density at radius 3 is 2.20 bits per heavy atom. The Hall–Kier alpha value is -6.25. The molecule has 0 saturated carbocycles. The van der Waals surface area contributed by atoms with Crippen molar-refractivity contribution in [3.8, 4) is 11.5 Å². The maximum absolute atomic E-state index is 13.5. The van der Waals surface area contributed by atoms with Gasteiger partial charge >= 0.3 is 12.7 Å². The van der Waals surface area contributed by atoms with E-state index in [9.17, 15) is 40.3 Å². The number of nitrogens with one attached hydrogen (secondary N) is 4. The van der Waals surface area contributed by atoms with Crippen molar-refractivity contribution in [1.29, 1.82) is 5.41 Å². The Morgan fingerprint density at radius 1 is 0.915 bits per heavy atom. The summed E-state index contributed by atoms with van der Waals surface area (Å²) < 4.78 is 114. The van der Waals surface area contributed by atoms with Gasteiger partial charge in [0, 0.05) is 74.2 Å². The lowest BCUT2D eigenvalue weighted by Gasteiger charge is -2.20. The van der Waals surface area contributed by atoms with Crippen molar-refractivity contribution in [2.75, 3.05) is 23.8 Å². The highest BCUT2D eigenvalue weighted by molar-refractivity contribution is 6.47. The summed E-state index contributed by atoms with van der Waals surface area (Å²) in [5.74, 6) is -2.01. The maximum atomic E-state index is 13.5. The Morgan fingerprint density at radius 2 is 1.56 bits per heavy atom. The summed E-state index contributed by atoms with van der Waals surface area (Å²) in [5, 5.41) is 15.5. The lowest BCUT2D eigenvalue weighted by Crippen LogP contribution is -2.28. The van der Waals surface area contributed by atoms with Crippen LogP contribution in [0.25, 0.3) is 11.3 Å². The molecule has 14 nitrogen and oxygen atoms in total.